The third-order valence-electron chi connectivity index (χ3n) is 2.64. The van der Waals surface area contributed by atoms with Gasteiger partial charge in [-0.25, -0.2) is 9.37 Å². The molecule has 1 aromatic heterocycles. The molecular formula is C13H9ClF4N2S. The molecule has 2 aromatic rings. The van der Waals surface area contributed by atoms with Crippen LogP contribution >= 0.6 is 23.4 Å². The SMILES string of the molecule is Cc1cc(N)c(F)cc1Sc1ncc(C(F)(F)F)cc1Cl. The highest BCUT2D eigenvalue weighted by Crippen LogP contribution is 2.37. The van der Waals surface area contributed by atoms with Crippen molar-refractivity contribution in [2.45, 2.75) is 23.0 Å². The van der Waals surface area contributed by atoms with Gasteiger partial charge in [-0.3, -0.25) is 0 Å². The van der Waals surface area contributed by atoms with E-state index in [1.807, 2.05) is 0 Å². The molecule has 0 aliphatic rings. The number of pyridine rings is 1. The Morgan fingerprint density at radius 1 is 1.24 bits per heavy atom. The van der Waals surface area contributed by atoms with Gasteiger partial charge in [-0.2, -0.15) is 13.2 Å². The largest absolute Gasteiger partial charge is 0.417 e. The van der Waals surface area contributed by atoms with Gasteiger partial charge in [0.15, 0.2) is 0 Å². The minimum atomic E-state index is -4.51. The van der Waals surface area contributed by atoms with E-state index in [4.69, 9.17) is 17.3 Å². The van der Waals surface area contributed by atoms with Crippen LogP contribution in [-0.2, 0) is 6.18 Å². The maximum atomic E-state index is 13.4. The number of benzene rings is 1. The first-order valence-corrected chi connectivity index (χ1v) is 6.84. The smallest absolute Gasteiger partial charge is 0.396 e. The molecular weight excluding hydrogens is 328 g/mol. The molecule has 1 heterocycles. The van der Waals surface area contributed by atoms with E-state index in [9.17, 15) is 17.6 Å². The first kappa shape index (κ1) is 15.9. The topological polar surface area (TPSA) is 38.9 Å². The van der Waals surface area contributed by atoms with Gasteiger partial charge in [-0.1, -0.05) is 23.4 Å². The molecule has 0 spiro atoms. The lowest BCUT2D eigenvalue weighted by atomic mass is 10.2. The number of anilines is 1. The summed E-state index contributed by atoms with van der Waals surface area (Å²) >= 11 is 6.78. The Morgan fingerprint density at radius 3 is 2.48 bits per heavy atom. The molecule has 1 aromatic carbocycles. The van der Waals surface area contributed by atoms with E-state index in [0.717, 1.165) is 17.8 Å². The fraction of sp³-hybridized carbons (Fsp3) is 0.154. The minimum Gasteiger partial charge on any atom is -0.396 e. The summed E-state index contributed by atoms with van der Waals surface area (Å²) in [6.45, 7) is 1.70. The van der Waals surface area contributed by atoms with Crippen molar-refractivity contribution in [1.29, 1.82) is 0 Å². The van der Waals surface area contributed by atoms with Crippen molar-refractivity contribution in [1.82, 2.24) is 4.98 Å². The fourth-order valence-corrected chi connectivity index (χ4v) is 2.69. The second kappa shape index (κ2) is 5.73. The average molecular weight is 337 g/mol. The second-order valence-corrected chi connectivity index (χ2v) is 5.69. The molecule has 0 radical (unpaired) electrons. The summed E-state index contributed by atoms with van der Waals surface area (Å²) in [5.74, 6) is -0.605. The summed E-state index contributed by atoms with van der Waals surface area (Å²) in [6, 6.07) is 3.43. The van der Waals surface area contributed by atoms with Crippen LogP contribution in [0.15, 0.2) is 34.3 Å². The van der Waals surface area contributed by atoms with E-state index in [0.29, 0.717) is 16.7 Å². The Labute approximate surface area is 127 Å². The fourth-order valence-electron chi connectivity index (χ4n) is 1.56. The number of nitrogens with zero attached hydrogens (tertiary/aromatic N) is 1. The quantitative estimate of drug-likeness (QED) is 0.624. The van der Waals surface area contributed by atoms with Crippen molar-refractivity contribution in [3.05, 3.63) is 46.4 Å². The number of halogens is 5. The number of hydrogen-bond donors (Lipinski definition) is 1. The molecule has 2 N–H and O–H groups in total. The molecule has 0 amide bonds. The number of rotatable bonds is 2. The Hall–Kier alpha value is -1.47. The van der Waals surface area contributed by atoms with Gasteiger partial charge in [-0.15, -0.1) is 0 Å². The highest BCUT2D eigenvalue weighted by molar-refractivity contribution is 7.99. The molecule has 0 bridgehead atoms. The first-order valence-electron chi connectivity index (χ1n) is 5.64. The van der Waals surface area contributed by atoms with E-state index in [2.05, 4.69) is 4.98 Å². The highest BCUT2D eigenvalue weighted by Gasteiger charge is 2.31. The van der Waals surface area contributed by atoms with Gasteiger partial charge in [-0.05, 0) is 30.7 Å². The maximum absolute atomic E-state index is 13.4. The van der Waals surface area contributed by atoms with Gasteiger partial charge < -0.3 is 5.73 Å². The van der Waals surface area contributed by atoms with E-state index in [1.165, 1.54) is 12.1 Å². The molecule has 0 aliphatic heterocycles. The summed E-state index contributed by atoms with van der Waals surface area (Å²) in [4.78, 5) is 4.17. The predicted octanol–water partition coefficient (Wildman–Crippen LogP) is 4.93. The number of nitrogen functional groups attached to an aromatic ring is 1. The Morgan fingerprint density at radius 2 is 1.90 bits per heavy atom. The predicted molar refractivity (Wildman–Crippen MR) is 73.9 cm³/mol. The lowest BCUT2D eigenvalue weighted by Crippen LogP contribution is -2.05. The molecule has 21 heavy (non-hydrogen) atoms. The third-order valence-corrected chi connectivity index (χ3v) is 4.21. The van der Waals surface area contributed by atoms with Crippen molar-refractivity contribution in [3.63, 3.8) is 0 Å². The second-order valence-electron chi connectivity index (χ2n) is 4.25. The van der Waals surface area contributed by atoms with Crippen LogP contribution in [-0.4, -0.2) is 4.98 Å². The van der Waals surface area contributed by atoms with Crippen LogP contribution in [0.2, 0.25) is 5.02 Å². The van der Waals surface area contributed by atoms with Crippen LogP contribution in [0.4, 0.5) is 23.2 Å². The number of alkyl halides is 3. The summed E-state index contributed by atoms with van der Waals surface area (Å²) in [5.41, 5.74) is 5.18. The number of hydrogen-bond acceptors (Lipinski definition) is 3. The van der Waals surface area contributed by atoms with Crippen LogP contribution in [0.5, 0.6) is 0 Å². The van der Waals surface area contributed by atoms with Crippen LogP contribution in [0.25, 0.3) is 0 Å². The molecule has 112 valence electrons. The average Bonchev–Trinajstić information content (AvgIpc) is 2.36. The van der Waals surface area contributed by atoms with Crippen molar-refractivity contribution >= 4 is 29.1 Å². The van der Waals surface area contributed by atoms with Crippen molar-refractivity contribution < 1.29 is 17.6 Å². The van der Waals surface area contributed by atoms with Gasteiger partial charge in [0.05, 0.1) is 16.3 Å². The third kappa shape index (κ3) is 3.59. The van der Waals surface area contributed by atoms with Crippen LogP contribution in [0.1, 0.15) is 11.1 Å². The molecule has 0 saturated heterocycles. The van der Waals surface area contributed by atoms with E-state index >= 15 is 0 Å². The Balaban J connectivity index is 2.35. The zero-order chi connectivity index (χ0) is 15.8. The van der Waals surface area contributed by atoms with Gasteiger partial charge >= 0.3 is 6.18 Å². The van der Waals surface area contributed by atoms with Gasteiger partial charge in [0, 0.05) is 11.1 Å². The van der Waals surface area contributed by atoms with Crippen LogP contribution < -0.4 is 5.73 Å². The summed E-state index contributed by atoms with van der Waals surface area (Å²) in [6.07, 6.45) is -3.82. The minimum absolute atomic E-state index is 0.00308. The van der Waals surface area contributed by atoms with Crippen LogP contribution in [0.3, 0.4) is 0 Å². The van der Waals surface area contributed by atoms with E-state index in [-0.39, 0.29) is 15.7 Å². The van der Waals surface area contributed by atoms with Crippen molar-refractivity contribution in [3.8, 4) is 0 Å². The number of nitrogens with two attached hydrogens (primary N) is 1. The Bertz CT molecular complexity index is 689. The van der Waals surface area contributed by atoms with Crippen LogP contribution in [0, 0.1) is 12.7 Å². The molecule has 2 nitrogen and oxygen atoms in total. The highest BCUT2D eigenvalue weighted by atomic mass is 35.5. The molecule has 0 unspecified atom stereocenters. The molecule has 0 fully saturated rings. The molecule has 0 atom stereocenters. The van der Waals surface area contributed by atoms with Gasteiger partial charge in [0.2, 0.25) is 0 Å². The summed E-state index contributed by atoms with van der Waals surface area (Å²) in [5, 5.41) is 0.0170. The van der Waals surface area contributed by atoms with Gasteiger partial charge in [0.1, 0.15) is 10.8 Å². The normalized spacial score (nSPS) is 11.7. The first-order chi connectivity index (χ1) is 9.68. The number of aryl methyl sites for hydroxylation is 1. The summed E-state index contributed by atoms with van der Waals surface area (Å²) < 4.78 is 51.0. The molecule has 8 heteroatoms. The molecule has 0 saturated carbocycles. The molecule has 0 aliphatic carbocycles. The van der Waals surface area contributed by atoms with Crippen molar-refractivity contribution in [2.75, 3.05) is 5.73 Å². The van der Waals surface area contributed by atoms with Crippen molar-refractivity contribution in [2.24, 2.45) is 0 Å². The van der Waals surface area contributed by atoms with E-state index in [1.54, 1.807) is 6.92 Å². The standard InChI is InChI=1S/C13H9ClF4N2S/c1-6-2-10(19)9(15)4-11(6)21-12-8(14)3-7(5-20-12)13(16,17)18/h2-5H,19H2,1H3. The molecule has 2 rings (SSSR count). The van der Waals surface area contributed by atoms with E-state index < -0.39 is 17.6 Å². The monoisotopic (exact) mass is 336 g/mol. The summed E-state index contributed by atoms with van der Waals surface area (Å²) in [7, 11) is 0. The lowest BCUT2D eigenvalue weighted by molar-refractivity contribution is -0.137. The van der Waals surface area contributed by atoms with Gasteiger partial charge in [0.25, 0.3) is 0 Å². The lowest BCUT2D eigenvalue weighted by Gasteiger charge is -2.10. The number of aromatic nitrogens is 1. The zero-order valence-corrected chi connectivity index (χ0v) is 12.2. The maximum Gasteiger partial charge on any atom is 0.417 e. The zero-order valence-electron chi connectivity index (χ0n) is 10.6. The Kier molecular flexibility index (Phi) is 4.34.